The van der Waals surface area contributed by atoms with E-state index in [2.05, 4.69) is 21.9 Å². The van der Waals surface area contributed by atoms with Gasteiger partial charge in [-0.15, -0.1) is 6.42 Å². The van der Waals surface area contributed by atoms with Crippen molar-refractivity contribution in [1.82, 2.24) is 0 Å². The van der Waals surface area contributed by atoms with Crippen LogP contribution in [0.4, 0.5) is 4.39 Å². The number of hydrogen-bond donors (Lipinski definition) is 1. The Morgan fingerprint density at radius 3 is 2.75 bits per heavy atom. The van der Waals surface area contributed by atoms with Gasteiger partial charge in [-0.05, 0) is 12.1 Å². The standard InChI is InChI=1S/C9H7BrFN/c1-2-9(12)7-4-3-6(10)5-8(7)11/h1,3-5,9H,12H2. The average Bonchev–Trinajstić information content (AvgIpc) is 2.03. The van der Waals surface area contributed by atoms with Gasteiger partial charge in [-0.3, -0.25) is 0 Å². The van der Waals surface area contributed by atoms with E-state index in [1.165, 1.54) is 6.07 Å². The zero-order valence-corrected chi connectivity index (χ0v) is 7.81. The molecule has 1 aromatic carbocycles. The molecule has 62 valence electrons. The lowest BCUT2D eigenvalue weighted by Gasteiger charge is -2.05. The lowest BCUT2D eigenvalue weighted by atomic mass is 10.1. The Labute approximate surface area is 78.9 Å². The minimum Gasteiger partial charge on any atom is -0.314 e. The Morgan fingerprint density at radius 2 is 2.25 bits per heavy atom. The molecule has 0 aliphatic rings. The summed E-state index contributed by atoms with van der Waals surface area (Å²) in [7, 11) is 0. The maximum absolute atomic E-state index is 13.1. The maximum atomic E-state index is 13.1. The Hall–Kier alpha value is -0.850. The third-order valence-corrected chi connectivity index (χ3v) is 1.97. The maximum Gasteiger partial charge on any atom is 0.130 e. The first-order valence-corrected chi connectivity index (χ1v) is 4.11. The Morgan fingerprint density at radius 1 is 1.58 bits per heavy atom. The van der Waals surface area contributed by atoms with E-state index in [1.807, 2.05) is 0 Å². The first-order chi connectivity index (χ1) is 5.65. The summed E-state index contributed by atoms with van der Waals surface area (Å²) in [6.45, 7) is 0. The van der Waals surface area contributed by atoms with Crippen LogP contribution in [0.15, 0.2) is 22.7 Å². The van der Waals surface area contributed by atoms with Crippen LogP contribution in [0.1, 0.15) is 11.6 Å². The summed E-state index contributed by atoms with van der Waals surface area (Å²) in [4.78, 5) is 0. The second-order valence-corrected chi connectivity index (χ2v) is 3.23. The molecule has 2 N–H and O–H groups in total. The molecule has 1 atom stereocenters. The first kappa shape index (κ1) is 9.24. The fraction of sp³-hybridized carbons (Fsp3) is 0.111. The van der Waals surface area contributed by atoms with E-state index in [0.717, 1.165) is 0 Å². The molecule has 1 unspecified atom stereocenters. The highest BCUT2D eigenvalue weighted by Crippen LogP contribution is 2.18. The number of terminal acetylenes is 1. The van der Waals surface area contributed by atoms with E-state index >= 15 is 0 Å². The van der Waals surface area contributed by atoms with Gasteiger partial charge < -0.3 is 5.73 Å². The molecule has 0 spiro atoms. The molecular formula is C9H7BrFN. The number of hydrogen-bond acceptors (Lipinski definition) is 1. The molecule has 0 aromatic heterocycles. The van der Waals surface area contributed by atoms with E-state index in [0.29, 0.717) is 10.0 Å². The lowest BCUT2D eigenvalue weighted by molar-refractivity contribution is 0.603. The van der Waals surface area contributed by atoms with Crippen LogP contribution in [0.25, 0.3) is 0 Å². The Kier molecular flexibility index (Phi) is 2.85. The van der Waals surface area contributed by atoms with Crippen molar-refractivity contribution >= 4 is 15.9 Å². The minimum atomic E-state index is -0.668. The van der Waals surface area contributed by atoms with E-state index < -0.39 is 6.04 Å². The van der Waals surface area contributed by atoms with Crippen molar-refractivity contribution in [2.75, 3.05) is 0 Å². The zero-order chi connectivity index (χ0) is 9.14. The van der Waals surface area contributed by atoms with Crippen LogP contribution >= 0.6 is 15.9 Å². The van der Waals surface area contributed by atoms with Gasteiger partial charge in [0.2, 0.25) is 0 Å². The molecule has 0 aliphatic heterocycles. The molecule has 0 fully saturated rings. The van der Waals surface area contributed by atoms with Crippen LogP contribution in [0.3, 0.4) is 0 Å². The fourth-order valence-electron chi connectivity index (χ4n) is 0.844. The third kappa shape index (κ3) is 1.84. The Bertz CT molecular complexity index is 330. The molecule has 12 heavy (non-hydrogen) atoms. The van der Waals surface area contributed by atoms with Gasteiger partial charge >= 0.3 is 0 Å². The molecule has 0 aliphatic carbocycles. The van der Waals surface area contributed by atoms with Gasteiger partial charge in [0, 0.05) is 10.0 Å². The predicted octanol–water partition coefficient (Wildman–Crippen LogP) is 2.22. The summed E-state index contributed by atoms with van der Waals surface area (Å²) in [6, 6.07) is 3.95. The molecule has 0 saturated carbocycles. The molecule has 3 heteroatoms. The summed E-state index contributed by atoms with van der Waals surface area (Å²) < 4.78 is 13.8. The molecule has 0 saturated heterocycles. The highest BCUT2D eigenvalue weighted by Gasteiger charge is 2.07. The SMILES string of the molecule is C#CC(N)c1ccc(Br)cc1F. The first-order valence-electron chi connectivity index (χ1n) is 3.32. The normalized spacial score (nSPS) is 12.2. The van der Waals surface area contributed by atoms with E-state index in [1.54, 1.807) is 12.1 Å². The smallest absolute Gasteiger partial charge is 0.130 e. The minimum absolute atomic E-state index is 0.348. The number of nitrogens with two attached hydrogens (primary N) is 1. The van der Waals surface area contributed by atoms with E-state index in [-0.39, 0.29) is 5.82 Å². The van der Waals surface area contributed by atoms with E-state index in [9.17, 15) is 4.39 Å². The van der Waals surface area contributed by atoms with Crippen LogP contribution in [-0.2, 0) is 0 Å². The molecule has 0 heterocycles. The van der Waals surface area contributed by atoms with Gasteiger partial charge in [0.25, 0.3) is 0 Å². The number of rotatable bonds is 1. The predicted molar refractivity (Wildman–Crippen MR) is 49.9 cm³/mol. The lowest BCUT2D eigenvalue weighted by Crippen LogP contribution is -2.09. The van der Waals surface area contributed by atoms with Crippen molar-refractivity contribution in [3.8, 4) is 12.3 Å². The highest BCUT2D eigenvalue weighted by atomic mass is 79.9. The summed E-state index contributed by atoms with van der Waals surface area (Å²) >= 11 is 3.13. The van der Waals surface area contributed by atoms with Crippen molar-refractivity contribution in [3.05, 3.63) is 34.1 Å². The van der Waals surface area contributed by atoms with Crippen molar-refractivity contribution < 1.29 is 4.39 Å². The van der Waals surface area contributed by atoms with Crippen LogP contribution in [-0.4, -0.2) is 0 Å². The number of halogens is 2. The van der Waals surface area contributed by atoms with E-state index in [4.69, 9.17) is 12.2 Å². The van der Waals surface area contributed by atoms with Crippen molar-refractivity contribution in [3.63, 3.8) is 0 Å². The van der Waals surface area contributed by atoms with Gasteiger partial charge in [-0.2, -0.15) is 0 Å². The summed E-state index contributed by atoms with van der Waals surface area (Å²) in [6.07, 6.45) is 5.06. The monoisotopic (exact) mass is 227 g/mol. The largest absolute Gasteiger partial charge is 0.314 e. The topological polar surface area (TPSA) is 26.0 Å². The average molecular weight is 228 g/mol. The highest BCUT2D eigenvalue weighted by molar-refractivity contribution is 9.10. The van der Waals surface area contributed by atoms with Gasteiger partial charge in [0.1, 0.15) is 5.82 Å². The molecular weight excluding hydrogens is 221 g/mol. The summed E-state index contributed by atoms with van der Waals surface area (Å²) in [5.41, 5.74) is 5.80. The second kappa shape index (κ2) is 3.70. The molecule has 1 nitrogen and oxygen atoms in total. The molecule has 1 rings (SSSR count). The molecule has 0 bridgehead atoms. The van der Waals surface area contributed by atoms with Crippen LogP contribution in [0, 0.1) is 18.2 Å². The zero-order valence-electron chi connectivity index (χ0n) is 6.22. The van der Waals surface area contributed by atoms with Crippen LogP contribution in [0.2, 0.25) is 0 Å². The van der Waals surface area contributed by atoms with Gasteiger partial charge in [-0.1, -0.05) is 27.9 Å². The molecule has 0 radical (unpaired) electrons. The molecule has 1 aromatic rings. The van der Waals surface area contributed by atoms with Crippen LogP contribution in [0.5, 0.6) is 0 Å². The quantitative estimate of drug-likeness (QED) is 0.732. The van der Waals surface area contributed by atoms with Gasteiger partial charge in [0.05, 0.1) is 6.04 Å². The summed E-state index contributed by atoms with van der Waals surface area (Å²) in [5, 5.41) is 0. The van der Waals surface area contributed by atoms with Gasteiger partial charge in [0.15, 0.2) is 0 Å². The van der Waals surface area contributed by atoms with Gasteiger partial charge in [-0.25, -0.2) is 4.39 Å². The second-order valence-electron chi connectivity index (χ2n) is 2.31. The third-order valence-electron chi connectivity index (χ3n) is 1.48. The fourth-order valence-corrected chi connectivity index (χ4v) is 1.18. The van der Waals surface area contributed by atoms with Crippen molar-refractivity contribution in [2.24, 2.45) is 5.73 Å². The summed E-state index contributed by atoms with van der Waals surface area (Å²) in [5.74, 6) is 1.88. The molecule has 0 amide bonds. The Balaban J connectivity index is 3.11. The number of benzene rings is 1. The van der Waals surface area contributed by atoms with Crippen molar-refractivity contribution in [1.29, 1.82) is 0 Å². The van der Waals surface area contributed by atoms with Crippen LogP contribution < -0.4 is 5.73 Å². The van der Waals surface area contributed by atoms with Crippen molar-refractivity contribution in [2.45, 2.75) is 6.04 Å².